The zero-order valence-corrected chi connectivity index (χ0v) is 14.7. The quantitative estimate of drug-likeness (QED) is 0.410. The normalized spacial score (nSPS) is 12.1. The fraction of sp³-hybridized carbons (Fsp3) is 0.438. The molecule has 0 aliphatic carbocycles. The molecule has 2 aromatic rings. The van der Waals surface area contributed by atoms with Crippen molar-refractivity contribution in [2.75, 3.05) is 13.7 Å². The lowest BCUT2D eigenvalue weighted by Gasteiger charge is -2.13. The van der Waals surface area contributed by atoms with E-state index < -0.39 is 17.2 Å². The Bertz CT molecular complexity index is 638. The van der Waals surface area contributed by atoms with Crippen LogP contribution in [-0.2, 0) is 19.1 Å². The number of carbonyl (C=O) groups is 2. The molecule has 1 aromatic heterocycles. The number of thioether (sulfide) groups is 1. The summed E-state index contributed by atoms with van der Waals surface area (Å²) in [5, 5.41) is -0.639. The third-order valence-electron chi connectivity index (χ3n) is 3.10. The fourth-order valence-corrected chi connectivity index (χ4v) is 4.13. The van der Waals surface area contributed by atoms with Gasteiger partial charge in [-0.1, -0.05) is 37.2 Å². The second kappa shape index (κ2) is 8.88. The third-order valence-corrected chi connectivity index (χ3v) is 5.41. The van der Waals surface area contributed by atoms with Crippen LogP contribution in [0.2, 0.25) is 0 Å². The number of thiazole rings is 1. The van der Waals surface area contributed by atoms with Crippen molar-refractivity contribution < 1.29 is 19.1 Å². The van der Waals surface area contributed by atoms with Gasteiger partial charge in [-0.05, 0) is 18.6 Å². The molecule has 124 valence electrons. The highest BCUT2D eigenvalue weighted by Crippen LogP contribution is 2.33. The molecule has 0 spiro atoms. The third kappa shape index (κ3) is 5.21. The van der Waals surface area contributed by atoms with Gasteiger partial charge in [-0.25, -0.2) is 4.98 Å². The summed E-state index contributed by atoms with van der Waals surface area (Å²) in [6, 6.07) is 7.76. The van der Waals surface area contributed by atoms with Gasteiger partial charge in [0.05, 0.1) is 30.4 Å². The molecule has 5 nitrogen and oxygen atoms in total. The number of nitrogens with zero attached hydrogens (tertiary/aromatic N) is 1. The minimum absolute atomic E-state index is 0.0257. The number of rotatable bonds is 8. The van der Waals surface area contributed by atoms with Gasteiger partial charge in [0.1, 0.15) is 5.25 Å². The summed E-state index contributed by atoms with van der Waals surface area (Å²) in [7, 11) is 1.31. The maximum Gasteiger partial charge on any atom is 0.320 e. The molecule has 1 heterocycles. The molecule has 1 atom stereocenters. The average molecular weight is 353 g/mol. The molecule has 0 aliphatic rings. The lowest BCUT2D eigenvalue weighted by molar-refractivity contribution is -0.148. The molecular weight excluding hydrogens is 334 g/mol. The first kappa shape index (κ1) is 17.7. The van der Waals surface area contributed by atoms with E-state index in [2.05, 4.69) is 9.72 Å². The molecule has 0 aliphatic heterocycles. The minimum Gasteiger partial charge on any atom is -0.469 e. The molecule has 7 heteroatoms. The summed E-state index contributed by atoms with van der Waals surface area (Å²) in [5.74, 6) is -0.829. The Morgan fingerprint density at radius 2 is 2.13 bits per heavy atom. The van der Waals surface area contributed by atoms with Gasteiger partial charge >= 0.3 is 11.9 Å². The molecule has 0 saturated heterocycles. The lowest BCUT2D eigenvalue weighted by Crippen LogP contribution is -2.24. The average Bonchev–Trinajstić information content (AvgIpc) is 2.96. The van der Waals surface area contributed by atoms with Crippen molar-refractivity contribution in [3.8, 4) is 0 Å². The van der Waals surface area contributed by atoms with E-state index >= 15 is 0 Å². The summed E-state index contributed by atoms with van der Waals surface area (Å²) >= 11 is 2.75. The smallest absolute Gasteiger partial charge is 0.320 e. The van der Waals surface area contributed by atoms with Crippen molar-refractivity contribution in [2.24, 2.45) is 0 Å². The number of hydrogen-bond donors (Lipinski definition) is 0. The maximum absolute atomic E-state index is 12.2. The molecule has 1 aromatic carbocycles. The first-order chi connectivity index (χ1) is 11.1. The summed E-state index contributed by atoms with van der Waals surface area (Å²) < 4.78 is 11.7. The van der Waals surface area contributed by atoms with Crippen molar-refractivity contribution in [2.45, 2.75) is 35.8 Å². The predicted molar refractivity (Wildman–Crippen MR) is 91.8 cm³/mol. The van der Waals surface area contributed by atoms with Gasteiger partial charge in [-0.3, -0.25) is 9.59 Å². The fourth-order valence-electron chi connectivity index (χ4n) is 1.84. The number of hydrogen-bond acceptors (Lipinski definition) is 7. The number of unbranched alkanes of at least 4 members (excludes halogenated alkanes) is 1. The van der Waals surface area contributed by atoms with E-state index in [0.29, 0.717) is 6.61 Å². The molecule has 0 bridgehead atoms. The SMILES string of the molecule is CCCCOC(=O)C(CC(=O)OC)Sc1nc2ccccc2s1. The maximum atomic E-state index is 12.2. The molecular formula is C16H19NO4S2. The Morgan fingerprint density at radius 3 is 2.83 bits per heavy atom. The predicted octanol–water partition coefficient (Wildman–Crippen LogP) is 3.66. The number of aromatic nitrogens is 1. The number of para-hydroxylation sites is 1. The second-order valence-electron chi connectivity index (χ2n) is 4.86. The van der Waals surface area contributed by atoms with Gasteiger partial charge in [-0.15, -0.1) is 11.3 Å². The summed E-state index contributed by atoms with van der Waals surface area (Å²) in [4.78, 5) is 28.3. The Labute approximate surface area is 143 Å². The molecule has 0 N–H and O–H groups in total. The van der Waals surface area contributed by atoms with Crippen molar-refractivity contribution in [1.29, 1.82) is 0 Å². The van der Waals surface area contributed by atoms with Crippen LogP contribution in [0.3, 0.4) is 0 Å². The van der Waals surface area contributed by atoms with Gasteiger partial charge in [0.2, 0.25) is 0 Å². The van der Waals surface area contributed by atoms with Crippen LogP contribution < -0.4 is 0 Å². The van der Waals surface area contributed by atoms with Gasteiger partial charge in [0.25, 0.3) is 0 Å². The molecule has 1 unspecified atom stereocenters. The largest absolute Gasteiger partial charge is 0.469 e. The Hall–Kier alpha value is -1.60. The highest BCUT2D eigenvalue weighted by atomic mass is 32.2. The van der Waals surface area contributed by atoms with Crippen LogP contribution in [0.15, 0.2) is 28.6 Å². The van der Waals surface area contributed by atoms with E-state index in [1.54, 1.807) is 0 Å². The zero-order chi connectivity index (χ0) is 16.7. The Morgan fingerprint density at radius 1 is 1.35 bits per heavy atom. The summed E-state index contributed by atoms with van der Waals surface area (Å²) in [6.07, 6.45) is 1.73. The molecule has 0 saturated carbocycles. The van der Waals surface area contributed by atoms with E-state index in [0.717, 1.165) is 27.4 Å². The van der Waals surface area contributed by atoms with Gasteiger partial charge in [0, 0.05) is 0 Å². The molecule has 23 heavy (non-hydrogen) atoms. The van der Waals surface area contributed by atoms with Crippen LogP contribution in [0.1, 0.15) is 26.2 Å². The van der Waals surface area contributed by atoms with Crippen LogP contribution in [0.4, 0.5) is 0 Å². The van der Waals surface area contributed by atoms with Crippen molar-refractivity contribution >= 4 is 45.3 Å². The number of esters is 2. The van der Waals surface area contributed by atoms with Crippen LogP contribution in [0, 0.1) is 0 Å². The zero-order valence-electron chi connectivity index (χ0n) is 13.1. The van der Waals surface area contributed by atoms with Crippen LogP contribution in [0.5, 0.6) is 0 Å². The van der Waals surface area contributed by atoms with Gasteiger partial charge < -0.3 is 9.47 Å². The first-order valence-electron chi connectivity index (χ1n) is 7.39. The molecule has 0 fully saturated rings. The van der Waals surface area contributed by atoms with Gasteiger partial charge in [0.15, 0.2) is 4.34 Å². The standard InChI is InChI=1S/C16H19NO4S2/c1-3-4-9-21-15(19)13(10-14(18)20-2)23-16-17-11-7-5-6-8-12(11)22-16/h5-8,13H,3-4,9-10H2,1-2H3. The van der Waals surface area contributed by atoms with E-state index in [-0.39, 0.29) is 6.42 Å². The summed E-state index contributed by atoms with van der Waals surface area (Å²) in [6.45, 7) is 2.39. The number of ether oxygens (including phenoxy) is 2. The molecule has 2 rings (SSSR count). The van der Waals surface area contributed by atoms with Crippen molar-refractivity contribution in [1.82, 2.24) is 4.98 Å². The van der Waals surface area contributed by atoms with Crippen LogP contribution >= 0.6 is 23.1 Å². The Kier molecular flexibility index (Phi) is 6.85. The number of benzene rings is 1. The van der Waals surface area contributed by atoms with Gasteiger partial charge in [-0.2, -0.15) is 0 Å². The van der Waals surface area contributed by atoms with Crippen LogP contribution in [-0.4, -0.2) is 35.9 Å². The number of methoxy groups -OCH3 is 1. The topological polar surface area (TPSA) is 65.5 Å². The molecule has 0 radical (unpaired) electrons. The minimum atomic E-state index is -0.639. The summed E-state index contributed by atoms with van der Waals surface area (Å²) in [5.41, 5.74) is 0.885. The number of carbonyl (C=O) groups excluding carboxylic acids is 2. The first-order valence-corrected chi connectivity index (χ1v) is 9.09. The second-order valence-corrected chi connectivity index (χ2v) is 7.34. The van der Waals surface area contributed by atoms with E-state index in [1.165, 1.54) is 30.2 Å². The molecule has 0 amide bonds. The van der Waals surface area contributed by atoms with Crippen molar-refractivity contribution in [3.05, 3.63) is 24.3 Å². The lowest BCUT2D eigenvalue weighted by atomic mass is 10.3. The Balaban J connectivity index is 2.09. The van der Waals surface area contributed by atoms with E-state index in [4.69, 9.17) is 4.74 Å². The number of fused-ring (bicyclic) bond motifs is 1. The van der Waals surface area contributed by atoms with E-state index in [1.807, 2.05) is 31.2 Å². The highest BCUT2D eigenvalue weighted by Gasteiger charge is 2.26. The monoisotopic (exact) mass is 353 g/mol. The highest BCUT2D eigenvalue weighted by molar-refractivity contribution is 8.02. The van der Waals surface area contributed by atoms with Crippen LogP contribution in [0.25, 0.3) is 10.2 Å². The van der Waals surface area contributed by atoms with Crippen molar-refractivity contribution in [3.63, 3.8) is 0 Å². The van der Waals surface area contributed by atoms with E-state index in [9.17, 15) is 9.59 Å².